The largest absolute Gasteiger partial charge is 0.505 e. The molecule has 0 fully saturated rings. The monoisotopic (exact) mass is 271 g/mol. The number of aromatic hydroxyl groups is 1. The smallest absolute Gasteiger partial charge is 0.259 e. The first-order valence-corrected chi connectivity index (χ1v) is 5.61. The highest BCUT2D eigenvalue weighted by Gasteiger charge is 2.14. The maximum Gasteiger partial charge on any atom is 0.259 e. The molecule has 0 radical (unpaired) electrons. The Bertz CT molecular complexity index is 723. The van der Waals surface area contributed by atoms with E-state index in [1.807, 2.05) is 0 Å². The molecule has 0 heterocycles. The Hall–Kier alpha value is -3.07. The molecule has 0 aromatic heterocycles. The molecule has 5 nitrogen and oxygen atoms in total. The number of hydrogen-bond acceptors (Lipinski definition) is 4. The van der Waals surface area contributed by atoms with Gasteiger partial charge in [-0.25, -0.2) is 4.39 Å². The highest BCUT2D eigenvalue weighted by molar-refractivity contribution is 6.07. The summed E-state index contributed by atoms with van der Waals surface area (Å²) in [5.41, 5.74) is 5.53. The van der Waals surface area contributed by atoms with Gasteiger partial charge in [-0.3, -0.25) is 4.79 Å². The zero-order valence-corrected chi connectivity index (χ0v) is 10.2. The van der Waals surface area contributed by atoms with Gasteiger partial charge in [-0.1, -0.05) is 6.07 Å². The van der Waals surface area contributed by atoms with Crippen LogP contribution in [0.2, 0.25) is 0 Å². The molecule has 0 unspecified atom stereocenters. The lowest BCUT2D eigenvalue weighted by atomic mass is 10.1. The average Bonchev–Trinajstić information content (AvgIpc) is 2.44. The van der Waals surface area contributed by atoms with Crippen LogP contribution in [0, 0.1) is 17.1 Å². The number of anilines is 2. The number of nitriles is 1. The highest BCUT2D eigenvalue weighted by Crippen LogP contribution is 2.25. The summed E-state index contributed by atoms with van der Waals surface area (Å²) in [6.07, 6.45) is 0. The highest BCUT2D eigenvalue weighted by atomic mass is 19.1. The van der Waals surface area contributed by atoms with E-state index in [1.165, 1.54) is 30.3 Å². The van der Waals surface area contributed by atoms with Crippen molar-refractivity contribution < 1.29 is 14.3 Å². The normalized spacial score (nSPS) is 9.80. The topological polar surface area (TPSA) is 99.1 Å². The fraction of sp³-hybridized carbons (Fsp3) is 0. The number of carbonyl (C=O) groups is 1. The Labute approximate surface area is 114 Å². The van der Waals surface area contributed by atoms with Gasteiger partial charge in [-0.05, 0) is 30.3 Å². The van der Waals surface area contributed by atoms with Crippen LogP contribution in [0.25, 0.3) is 0 Å². The fourth-order valence-electron chi connectivity index (χ4n) is 1.62. The minimum Gasteiger partial charge on any atom is -0.505 e. The Morgan fingerprint density at radius 3 is 2.75 bits per heavy atom. The number of amides is 1. The van der Waals surface area contributed by atoms with Gasteiger partial charge >= 0.3 is 0 Å². The third-order valence-electron chi connectivity index (χ3n) is 2.66. The molecule has 0 saturated heterocycles. The van der Waals surface area contributed by atoms with Crippen LogP contribution in [-0.2, 0) is 0 Å². The zero-order valence-electron chi connectivity index (χ0n) is 10.2. The Balaban J connectivity index is 2.29. The second kappa shape index (κ2) is 5.28. The number of nitrogens with two attached hydrogens (primary N) is 1. The molecule has 2 aromatic carbocycles. The molecule has 1 amide bonds. The Morgan fingerprint density at radius 2 is 2.10 bits per heavy atom. The molecule has 0 atom stereocenters. The van der Waals surface area contributed by atoms with E-state index in [-0.39, 0.29) is 28.3 Å². The van der Waals surface area contributed by atoms with Crippen molar-refractivity contribution in [2.45, 2.75) is 0 Å². The fourth-order valence-corrected chi connectivity index (χ4v) is 1.62. The van der Waals surface area contributed by atoms with Crippen LogP contribution in [0.4, 0.5) is 15.8 Å². The SMILES string of the molecule is N#Cc1ccc(NC(=O)c2cccc(N)c2O)c(F)c1. The summed E-state index contributed by atoms with van der Waals surface area (Å²) >= 11 is 0. The number of nitrogens with zero attached hydrogens (tertiary/aromatic N) is 1. The molecule has 0 saturated carbocycles. The average molecular weight is 271 g/mol. The maximum absolute atomic E-state index is 13.6. The lowest BCUT2D eigenvalue weighted by molar-refractivity contribution is 0.102. The van der Waals surface area contributed by atoms with E-state index in [1.54, 1.807) is 6.07 Å². The summed E-state index contributed by atoms with van der Waals surface area (Å²) in [4.78, 5) is 11.9. The minimum atomic E-state index is -0.735. The summed E-state index contributed by atoms with van der Waals surface area (Å²) in [6, 6.07) is 9.74. The first kappa shape index (κ1) is 13.4. The van der Waals surface area contributed by atoms with Crippen molar-refractivity contribution in [1.29, 1.82) is 5.26 Å². The van der Waals surface area contributed by atoms with Crippen LogP contribution in [0.3, 0.4) is 0 Å². The number of nitrogens with one attached hydrogen (secondary N) is 1. The second-order valence-electron chi connectivity index (χ2n) is 4.00. The number of nitrogen functional groups attached to an aromatic ring is 1. The molecule has 0 bridgehead atoms. The van der Waals surface area contributed by atoms with Crippen LogP contribution in [0.5, 0.6) is 5.75 Å². The second-order valence-corrected chi connectivity index (χ2v) is 4.00. The Morgan fingerprint density at radius 1 is 1.35 bits per heavy atom. The van der Waals surface area contributed by atoms with E-state index in [0.717, 1.165) is 6.07 Å². The molecule has 6 heteroatoms. The third kappa shape index (κ3) is 2.52. The molecule has 0 spiro atoms. The molecule has 0 aliphatic rings. The van der Waals surface area contributed by atoms with Gasteiger partial charge < -0.3 is 16.2 Å². The van der Waals surface area contributed by atoms with Gasteiger partial charge in [0.15, 0.2) is 5.75 Å². The lowest BCUT2D eigenvalue weighted by Gasteiger charge is -2.09. The van der Waals surface area contributed by atoms with E-state index < -0.39 is 11.7 Å². The first-order chi connectivity index (χ1) is 9.52. The van der Waals surface area contributed by atoms with Crippen LogP contribution in [0.15, 0.2) is 36.4 Å². The Kier molecular flexibility index (Phi) is 3.53. The third-order valence-corrected chi connectivity index (χ3v) is 2.66. The van der Waals surface area contributed by atoms with Gasteiger partial charge in [0.05, 0.1) is 28.6 Å². The van der Waals surface area contributed by atoms with Gasteiger partial charge in [-0.15, -0.1) is 0 Å². The summed E-state index contributed by atoms with van der Waals surface area (Å²) < 4.78 is 13.6. The van der Waals surface area contributed by atoms with Gasteiger partial charge in [-0.2, -0.15) is 5.26 Å². The van der Waals surface area contributed by atoms with Gasteiger partial charge in [0.25, 0.3) is 5.91 Å². The van der Waals surface area contributed by atoms with Crippen molar-refractivity contribution in [1.82, 2.24) is 0 Å². The molecular formula is C14H10FN3O2. The van der Waals surface area contributed by atoms with E-state index >= 15 is 0 Å². The number of para-hydroxylation sites is 1. The molecule has 2 aromatic rings. The molecule has 2 rings (SSSR count). The number of carbonyl (C=O) groups excluding carboxylic acids is 1. The van der Waals surface area contributed by atoms with E-state index in [4.69, 9.17) is 11.0 Å². The van der Waals surface area contributed by atoms with Crippen molar-refractivity contribution in [3.8, 4) is 11.8 Å². The standard InChI is InChI=1S/C14H10FN3O2/c15-10-6-8(7-16)4-5-12(10)18-14(20)9-2-1-3-11(17)13(9)19/h1-6,19H,17H2,(H,18,20). The van der Waals surface area contributed by atoms with Crippen LogP contribution < -0.4 is 11.1 Å². The van der Waals surface area contributed by atoms with E-state index in [9.17, 15) is 14.3 Å². The summed E-state index contributed by atoms with van der Waals surface area (Å²) in [6.45, 7) is 0. The van der Waals surface area contributed by atoms with Crippen LogP contribution >= 0.6 is 0 Å². The lowest BCUT2D eigenvalue weighted by Crippen LogP contribution is -2.13. The molecule has 0 aliphatic heterocycles. The number of phenolic OH excluding ortho intramolecular Hbond substituents is 1. The van der Waals surface area contributed by atoms with Crippen molar-refractivity contribution in [2.24, 2.45) is 0 Å². The van der Waals surface area contributed by atoms with Crippen molar-refractivity contribution >= 4 is 17.3 Å². The van der Waals surface area contributed by atoms with Gasteiger partial charge in [0, 0.05) is 0 Å². The van der Waals surface area contributed by atoms with Crippen molar-refractivity contribution in [3.05, 3.63) is 53.3 Å². The number of hydrogen-bond donors (Lipinski definition) is 3. The summed E-state index contributed by atoms with van der Waals surface area (Å²) in [5, 5.41) is 20.6. The van der Waals surface area contributed by atoms with E-state index in [2.05, 4.69) is 5.32 Å². The van der Waals surface area contributed by atoms with E-state index in [0.29, 0.717) is 0 Å². The molecular weight excluding hydrogens is 261 g/mol. The number of phenols is 1. The predicted molar refractivity (Wildman–Crippen MR) is 71.6 cm³/mol. The maximum atomic E-state index is 13.6. The number of halogens is 1. The van der Waals surface area contributed by atoms with Crippen molar-refractivity contribution in [2.75, 3.05) is 11.1 Å². The van der Waals surface area contributed by atoms with Gasteiger partial charge in [0.2, 0.25) is 0 Å². The number of benzene rings is 2. The summed E-state index contributed by atoms with van der Waals surface area (Å²) in [7, 11) is 0. The van der Waals surface area contributed by atoms with Crippen LogP contribution in [-0.4, -0.2) is 11.0 Å². The molecule has 0 aliphatic carbocycles. The van der Waals surface area contributed by atoms with Crippen LogP contribution in [0.1, 0.15) is 15.9 Å². The van der Waals surface area contributed by atoms with Gasteiger partial charge in [0.1, 0.15) is 5.82 Å². The zero-order chi connectivity index (χ0) is 14.7. The quantitative estimate of drug-likeness (QED) is 0.576. The first-order valence-electron chi connectivity index (χ1n) is 5.61. The predicted octanol–water partition coefficient (Wildman–Crippen LogP) is 2.24. The number of rotatable bonds is 2. The molecule has 4 N–H and O–H groups in total. The molecule has 20 heavy (non-hydrogen) atoms. The molecule has 100 valence electrons. The minimum absolute atomic E-state index is 0.0537. The van der Waals surface area contributed by atoms with Crippen molar-refractivity contribution in [3.63, 3.8) is 0 Å². The summed E-state index contributed by atoms with van der Waals surface area (Å²) in [5.74, 6) is -1.79.